The van der Waals surface area contributed by atoms with Gasteiger partial charge in [0.05, 0.1) is 0 Å². The first-order valence-electron chi connectivity index (χ1n) is 5.53. The maximum absolute atomic E-state index is 5.05. The van der Waals surface area contributed by atoms with Gasteiger partial charge in [0.2, 0.25) is 0 Å². The van der Waals surface area contributed by atoms with Gasteiger partial charge in [-0.3, -0.25) is 0 Å². The maximum Gasteiger partial charge on any atom is 0.0462 e. The summed E-state index contributed by atoms with van der Waals surface area (Å²) in [5.74, 6) is 1.01. The third kappa shape index (κ3) is 4.10. The normalized spacial score (nSPS) is 19.8. The van der Waals surface area contributed by atoms with E-state index in [1.807, 2.05) is 0 Å². The Balaban J connectivity index is 2.03. The third-order valence-electron chi connectivity index (χ3n) is 3.15. The fourth-order valence-electron chi connectivity index (χ4n) is 1.98. The number of ether oxygens (including phenoxy) is 1. The zero-order chi connectivity index (χ0) is 9.52. The van der Waals surface area contributed by atoms with Gasteiger partial charge < -0.3 is 10.1 Å². The number of hydrogen-bond donors (Lipinski definition) is 1. The molecule has 0 aliphatic heterocycles. The minimum atomic E-state index is 0.723. The predicted octanol–water partition coefficient (Wildman–Crippen LogP) is 2.19. The van der Waals surface area contributed by atoms with E-state index in [-0.39, 0.29) is 0 Å². The summed E-state index contributed by atoms with van der Waals surface area (Å²) < 4.78 is 5.05. The molecule has 78 valence electrons. The van der Waals surface area contributed by atoms with Gasteiger partial charge in [-0.15, -0.1) is 0 Å². The number of methoxy groups -OCH3 is 1. The van der Waals surface area contributed by atoms with Crippen LogP contribution in [0.3, 0.4) is 0 Å². The summed E-state index contributed by atoms with van der Waals surface area (Å²) in [5, 5.41) is 3.40. The molecule has 0 heterocycles. The highest BCUT2D eigenvalue weighted by Gasteiger charge is 2.20. The van der Waals surface area contributed by atoms with Crippen LogP contribution in [0.25, 0.3) is 0 Å². The van der Waals surface area contributed by atoms with E-state index < -0.39 is 0 Å². The van der Waals surface area contributed by atoms with Crippen LogP contribution >= 0.6 is 0 Å². The smallest absolute Gasteiger partial charge is 0.0462 e. The summed E-state index contributed by atoms with van der Waals surface area (Å²) in [6.45, 7) is 0.906. The zero-order valence-corrected chi connectivity index (χ0v) is 9.01. The van der Waals surface area contributed by atoms with E-state index in [2.05, 4.69) is 12.4 Å². The van der Waals surface area contributed by atoms with Crippen molar-refractivity contribution < 1.29 is 4.74 Å². The molecule has 1 aliphatic rings. The molecule has 0 bridgehead atoms. The molecule has 0 aromatic rings. The standard InChI is InChI=1S/C11H23NO/c1-12-11(7-4-8-13-2)9-10-5-3-6-10/h10-12H,3-9H2,1-2H3. The average molecular weight is 185 g/mol. The molecule has 2 nitrogen and oxygen atoms in total. The zero-order valence-electron chi connectivity index (χ0n) is 9.01. The Morgan fingerprint density at radius 2 is 2.23 bits per heavy atom. The van der Waals surface area contributed by atoms with Crippen LogP contribution in [0.4, 0.5) is 0 Å². The maximum atomic E-state index is 5.05. The first kappa shape index (κ1) is 11.0. The molecule has 0 spiro atoms. The SMILES string of the molecule is CNC(CCCOC)CC1CCC1. The van der Waals surface area contributed by atoms with Crippen LogP contribution in [0.5, 0.6) is 0 Å². The van der Waals surface area contributed by atoms with Crippen LogP contribution in [0.1, 0.15) is 38.5 Å². The summed E-state index contributed by atoms with van der Waals surface area (Å²) in [4.78, 5) is 0. The van der Waals surface area contributed by atoms with Crippen LogP contribution in [-0.2, 0) is 4.74 Å². The second-order valence-electron chi connectivity index (χ2n) is 4.15. The molecule has 1 unspecified atom stereocenters. The molecular weight excluding hydrogens is 162 g/mol. The second kappa shape index (κ2) is 6.39. The van der Waals surface area contributed by atoms with Gasteiger partial charge in [-0.05, 0) is 32.2 Å². The molecule has 0 aromatic carbocycles. The van der Waals surface area contributed by atoms with Crippen molar-refractivity contribution in [2.24, 2.45) is 5.92 Å². The van der Waals surface area contributed by atoms with E-state index in [4.69, 9.17) is 4.74 Å². The summed E-state index contributed by atoms with van der Waals surface area (Å²) in [6.07, 6.45) is 8.21. The van der Waals surface area contributed by atoms with Gasteiger partial charge >= 0.3 is 0 Å². The molecule has 0 amide bonds. The Hall–Kier alpha value is -0.0800. The molecule has 0 aromatic heterocycles. The first-order valence-corrected chi connectivity index (χ1v) is 5.53. The predicted molar refractivity (Wildman–Crippen MR) is 55.9 cm³/mol. The van der Waals surface area contributed by atoms with Crippen molar-refractivity contribution in [1.82, 2.24) is 5.32 Å². The Morgan fingerprint density at radius 3 is 2.69 bits per heavy atom. The van der Waals surface area contributed by atoms with Gasteiger partial charge in [0.15, 0.2) is 0 Å². The number of hydrogen-bond acceptors (Lipinski definition) is 2. The highest BCUT2D eigenvalue weighted by Crippen LogP contribution is 2.31. The largest absolute Gasteiger partial charge is 0.385 e. The van der Waals surface area contributed by atoms with E-state index in [1.165, 1.54) is 38.5 Å². The van der Waals surface area contributed by atoms with E-state index in [9.17, 15) is 0 Å². The fourth-order valence-corrected chi connectivity index (χ4v) is 1.98. The van der Waals surface area contributed by atoms with Gasteiger partial charge in [0, 0.05) is 19.8 Å². The van der Waals surface area contributed by atoms with E-state index >= 15 is 0 Å². The average Bonchev–Trinajstić information content (AvgIpc) is 2.08. The second-order valence-corrected chi connectivity index (χ2v) is 4.15. The van der Waals surface area contributed by atoms with E-state index in [0.717, 1.165) is 18.6 Å². The Bertz CT molecular complexity index is 123. The van der Waals surface area contributed by atoms with Gasteiger partial charge in [-0.1, -0.05) is 19.3 Å². The first-order chi connectivity index (χ1) is 6.36. The Labute approximate surface area is 82.0 Å². The van der Waals surface area contributed by atoms with Gasteiger partial charge in [0.25, 0.3) is 0 Å². The third-order valence-corrected chi connectivity index (χ3v) is 3.15. The van der Waals surface area contributed by atoms with Crippen LogP contribution in [0.2, 0.25) is 0 Å². The molecule has 0 radical (unpaired) electrons. The van der Waals surface area contributed by atoms with Crippen molar-refractivity contribution >= 4 is 0 Å². The fraction of sp³-hybridized carbons (Fsp3) is 1.00. The van der Waals surface area contributed by atoms with Crippen molar-refractivity contribution in [3.05, 3.63) is 0 Å². The Kier molecular flexibility index (Phi) is 5.40. The molecule has 1 rings (SSSR count). The molecule has 1 fully saturated rings. The van der Waals surface area contributed by atoms with Crippen LogP contribution in [-0.4, -0.2) is 26.8 Å². The lowest BCUT2D eigenvalue weighted by atomic mass is 9.80. The highest BCUT2D eigenvalue weighted by molar-refractivity contribution is 4.76. The lowest BCUT2D eigenvalue weighted by Gasteiger charge is -2.29. The summed E-state index contributed by atoms with van der Waals surface area (Å²) in [5.41, 5.74) is 0. The Morgan fingerprint density at radius 1 is 1.46 bits per heavy atom. The van der Waals surface area contributed by atoms with Gasteiger partial charge in [-0.2, -0.15) is 0 Å². The van der Waals surface area contributed by atoms with Crippen molar-refractivity contribution in [2.75, 3.05) is 20.8 Å². The molecule has 1 N–H and O–H groups in total. The minimum absolute atomic E-state index is 0.723. The van der Waals surface area contributed by atoms with Crippen molar-refractivity contribution in [1.29, 1.82) is 0 Å². The quantitative estimate of drug-likeness (QED) is 0.614. The molecule has 2 heteroatoms. The van der Waals surface area contributed by atoms with Crippen molar-refractivity contribution in [3.8, 4) is 0 Å². The molecule has 1 saturated carbocycles. The summed E-state index contributed by atoms with van der Waals surface area (Å²) in [7, 11) is 3.86. The van der Waals surface area contributed by atoms with Crippen molar-refractivity contribution in [3.63, 3.8) is 0 Å². The number of nitrogens with one attached hydrogen (secondary N) is 1. The highest BCUT2D eigenvalue weighted by atomic mass is 16.5. The van der Waals surface area contributed by atoms with Crippen LogP contribution in [0, 0.1) is 5.92 Å². The van der Waals surface area contributed by atoms with Gasteiger partial charge in [-0.25, -0.2) is 0 Å². The lowest BCUT2D eigenvalue weighted by molar-refractivity contribution is 0.183. The van der Waals surface area contributed by atoms with E-state index in [1.54, 1.807) is 7.11 Å². The van der Waals surface area contributed by atoms with Crippen molar-refractivity contribution in [2.45, 2.75) is 44.6 Å². The summed E-state index contributed by atoms with van der Waals surface area (Å²) >= 11 is 0. The van der Waals surface area contributed by atoms with Crippen LogP contribution < -0.4 is 5.32 Å². The van der Waals surface area contributed by atoms with Crippen LogP contribution in [0.15, 0.2) is 0 Å². The topological polar surface area (TPSA) is 21.3 Å². The molecular formula is C11H23NO. The summed E-state index contributed by atoms with van der Waals surface area (Å²) in [6, 6.07) is 0.723. The van der Waals surface area contributed by atoms with Gasteiger partial charge in [0.1, 0.15) is 0 Å². The molecule has 0 saturated heterocycles. The molecule has 1 atom stereocenters. The monoisotopic (exact) mass is 185 g/mol. The molecule has 13 heavy (non-hydrogen) atoms. The molecule has 1 aliphatic carbocycles. The number of rotatable bonds is 7. The minimum Gasteiger partial charge on any atom is -0.385 e. The van der Waals surface area contributed by atoms with E-state index in [0.29, 0.717) is 0 Å². The lowest BCUT2D eigenvalue weighted by Crippen LogP contribution is -2.30.